The van der Waals surface area contributed by atoms with Crippen LogP contribution >= 0.6 is 0 Å². The molecule has 1 fully saturated rings. The SMILES string of the molecule is COc1cc(-c2noc(C3CC(OC)CN3)n2)ccc1F. The third kappa shape index (κ3) is 2.74. The molecule has 1 saturated heterocycles. The van der Waals surface area contributed by atoms with Crippen molar-refractivity contribution in [3.8, 4) is 17.1 Å². The zero-order chi connectivity index (χ0) is 14.8. The molecule has 7 heteroatoms. The summed E-state index contributed by atoms with van der Waals surface area (Å²) in [6, 6.07) is 4.44. The Morgan fingerprint density at radius 2 is 2.24 bits per heavy atom. The van der Waals surface area contributed by atoms with E-state index in [1.165, 1.54) is 13.2 Å². The third-order valence-electron chi connectivity index (χ3n) is 3.57. The summed E-state index contributed by atoms with van der Waals surface area (Å²) in [5.74, 6) is 0.640. The fourth-order valence-corrected chi connectivity index (χ4v) is 2.36. The first kappa shape index (κ1) is 14.0. The summed E-state index contributed by atoms with van der Waals surface area (Å²) in [6.07, 6.45) is 0.932. The molecule has 1 aliphatic rings. The zero-order valence-corrected chi connectivity index (χ0v) is 11.8. The molecule has 1 aromatic heterocycles. The molecule has 1 aliphatic heterocycles. The molecule has 0 radical (unpaired) electrons. The number of aromatic nitrogens is 2. The molecule has 0 aliphatic carbocycles. The van der Waals surface area contributed by atoms with E-state index in [-0.39, 0.29) is 17.9 Å². The van der Waals surface area contributed by atoms with E-state index in [1.54, 1.807) is 19.2 Å². The van der Waals surface area contributed by atoms with Crippen molar-refractivity contribution in [2.24, 2.45) is 0 Å². The van der Waals surface area contributed by atoms with Crippen LogP contribution in [0.4, 0.5) is 4.39 Å². The highest BCUT2D eigenvalue weighted by molar-refractivity contribution is 5.57. The van der Waals surface area contributed by atoms with Crippen molar-refractivity contribution in [2.75, 3.05) is 20.8 Å². The minimum Gasteiger partial charge on any atom is -0.494 e. The van der Waals surface area contributed by atoms with Gasteiger partial charge in [-0.15, -0.1) is 0 Å². The Labute approximate surface area is 121 Å². The first-order chi connectivity index (χ1) is 10.2. The predicted molar refractivity (Wildman–Crippen MR) is 72.4 cm³/mol. The highest BCUT2D eigenvalue weighted by Crippen LogP contribution is 2.28. The maximum absolute atomic E-state index is 13.4. The Balaban J connectivity index is 1.82. The van der Waals surface area contributed by atoms with Crippen molar-refractivity contribution in [2.45, 2.75) is 18.6 Å². The minimum absolute atomic E-state index is 0.0152. The lowest BCUT2D eigenvalue weighted by molar-refractivity contribution is 0.116. The van der Waals surface area contributed by atoms with Crippen LogP contribution in [0.25, 0.3) is 11.4 Å². The minimum atomic E-state index is -0.426. The molecule has 2 atom stereocenters. The molecule has 6 nitrogen and oxygen atoms in total. The second kappa shape index (κ2) is 5.79. The second-order valence-electron chi connectivity index (χ2n) is 4.86. The summed E-state index contributed by atoms with van der Waals surface area (Å²) in [6.45, 7) is 0.753. The predicted octanol–water partition coefficient (Wildman–Crippen LogP) is 1.93. The molecule has 112 valence electrons. The smallest absolute Gasteiger partial charge is 0.244 e. The number of ether oxygens (including phenoxy) is 2. The van der Waals surface area contributed by atoms with Gasteiger partial charge in [0.1, 0.15) is 0 Å². The van der Waals surface area contributed by atoms with Crippen molar-refractivity contribution in [3.05, 3.63) is 29.9 Å². The third-order valence-corrected chi connectivity index (χ3v) is 3.57. The van der Waals surface area contributed by atoms with Gasteiger partial charge in [-0.1, -0.05) is 5.16 Å². The van der Waals surface area contributed by atoms with Gasteiger partial charge in [0.25, 0.3) is 0 Å². The monoisotopic (exact) mass is 293 g/mol. The van der Waals surface area contributed by atoms with E-state index in [2.05, 4.69) is 15.5 Å². The number of nitrogens with zero attached hydrogens (tertiary/aromatic N) is 2. The molecule has 1 N–H and O–H groups in total. The maximum atomic E-state index is 13.4. The lowest BCUT2D eigenvalue weighted by atomic mass is 10.2. The lowest BCUT2D eigenvalue weighted by Gasteiger charge is -2.04. The van der Waals surface area contributed by atoms with Gasteiger partial charge in [-0.25, -0.2) is 4.39 Å². The Morgan fingerprint density at radius 1 is 1.38 bits per heavy atom. The summed E-state index contributed by atoms with van der Waals surface area (Å²) in [4.78, 5) is 4.36. The van der Waals surface area contributed by atoms with Crippen LogP contribution in [0, 0.1) is 5.82 Å². The number of hydrogen-bond acceptors (Lipinski definition) is 6. The van der Waals surface area contributed by atoms with Crippen LogP contribution in [0.15, 0.2) is 22.7 Å². The fraction of sp³-hybridized carbons (Fsp3) is 0.429. The molecule has 3 rings (SSSR count). The first-order valence-electron chi connectivity index (χ1n) is 6.65. The van der Waals surface area contributed by atoms with Gasteiger partial charge in [0.05, 0.1) is 19.3 Å². The first-order valence-corrected chi connectivity index (χ1v) is 6.65. The molecular formula is C14H16FN3O3. The van der Waals surface area contributed by atoms with E-state index in [4.69, 9.17) is 14.0 Å². The quantitative estimate of drug-likeness (QED) is 0.929. The molecule has 0 spiro atoms. The molecular weight excluding hydrogens is 277 g/mol. The van der Waals surface area contributed by atoms with E-state index in [0.717, 1.165) is 13.0 Å². The average molecular weight is 293 g/mol. The number of hydrogen-bond donors (Lipinski definition) is 1. The number of methoxy groups -OCH3 is 2. The Hall–Kier alpha value is -1.99. The Morgan fingerprint density at radius 3 is 2.95 bits per heavy atom. The van der Waals surface area contributed by atoms with Crippen molar-refractivity contribution in [1.82, 2.24) is 15.5 Å². The zero-order valence-electron chi connectivity index (χ0n) is 11.8. The number of rotatable bonds is 4. The molecule has 0 bridgehead atoms. The van der Waals surface area contributed by atoms with Gasteiger partial charge in [-0.3, -0.25) is 0 Å². The summed E-state index contributed by atoms with van der Waals surface area (Å²) in [7, 11) is 3.09. The number of halogens is 1. The fourth-order valence-electron chi connectivity index (χ4n) is 2.36. The van der Waals surface area contributed by atoms with E-state index < -0.39 is 5.82 Å². The Kier molecular flexibility index (Phi) is 3.85. The normalized spacial score (nSPS) is 21.7. The van der Waals surface area contributed by atoms with Gasteiger partial charge in [0, 0.05) is 19.2 Å². The lowest BCUT2D eigenvalue weighted by Crippen LogP contribution is -2.16. The van der Waals surface area contributed by atoms with Gasteiger partial charge in [0.2, 0.25) is 11.7 Å². The topological polar surface area (TPSA) is 69.4 Å². The van der Waals surface area contributed by atoms with Crippen LogP contribution in [-0.2, 0) is 4.74 Å². The van der Waals surface area contributed by atoms with E-state index in [1.807, 2.05) is 0 Å². The molecule has 2 unspecified atom stereocenters. The van der Waals surface area contributed by atoms with E-state index in [9.17, 15) is 4.39 Å². The van der Waals surface area contributed by atoms with Crippen LogP contribution in [0.5, 0.6) is 5.75 Å². The molecule has 2 heterocycles. The highest BCUT2D eigenvalue weighted by atomic mass is 19.1. The Bertz CT molecular complexity index is 632. The highest BCUT2D eigenvalue weighted by Gasteiger charge is 2.29. The van der Waals surface area contributed by atoms with Gasteiger partial charge in [-0.2, -0.15) is 4.98 Å². The van der Waals surface area contributed by atoms with Gasteiger partial charge >= 0.3 is 0 Å². The van der Waals surface area contributed by atoms with Crippen molar-refractivity contribution in [3.63, 3.8) is 0 Å². The van der Waals surface area contributed by atoms with Gasteiger partial charge in [-0.05, 0) is 24.6 Å². The molecule has 2 aromatic rings. The van der Waals surface area contributed by atoms with Crippen LogP contribution in [0.3, 0.4) is 0 Å². The van der Waals surface area contributed by atoms with Crippen LogP contribution in [-0.4, -0.2) is 37.0 Å². The van der Waals surface area contributed by atoms with Gasteiger partial charge in [0.15, 0.2) is 11.6 Å². The molecule has 1 aromatic carbocycles. The maximum Gasteiger partial charge on any atom is 0.244 e. The van der Waals surface area contributed by atoms with Crippen LogP contribution in [0.2, 0.25) is 0 Å². The summed E-state index contributed by atoms with van der Waals surface area (Å²) < 4.78 is 28.9. The summed E-state index contributed by atoms with van der Waals surface area (Å²) >= 11 is 0. The van der Waals surface area contributed by atoms with E-state index >= 15 is 0 Å². The van der Waals surface area contributed by atoms with Crippen molar-refractivity contribution >= 4 is 0 Å². The molecule has 0 saturated carbocycles. The number of benzene rings is 1. The van der Waals surface area contributed by atoms with E-state index in [0.29, 0.717) is 17.3 Å². The molecule has 0 amide bonds. The summed E-state index contributed by atoms with van der Waals surface area (Å²) in [5, 5.41) is 7.21. The van der Waals surface area contributed by atoms with Gasteiger partial charge < -0.3 is 19.3 Å². The van der Waals surface area contributed by atoms with Crippen LogP contribution < -0.4 is 10.1 Å². The van der Waals surface area contributed by atoms with Crippen molar-refractivity contribution in [1.29, 1.82) is 0 Å². The molecule has 21 heavy (non-hydrogen) atoms. The second-order valence-corrected chi connectivity index (χ2v) is 4.86. The van der Waals surface area contributed by atoms with Crippen LogP contribution in [0.1, 0.15) is 18.4 Å². The average Bonchev–Trinajstić information content (AvgIpc) is 3.16. The summed E-state index contributed by atoms with van der Waals surface area (Å²) in [5.41, 5.74) is 0.643. The largest absolute Gasteiger partial charge is 0.494 e. The van der Waals surface area contributed by atoms with Crippen molar-refractivity contribution < 1.29 is 18.4 Å². The standard InChI is InChI=1S/C14H16FN3O3/c1-19-9-6-11(16-7-9)14-17-13(18-21-14)8-3-4-10(15)12(5-8)20-2/h3-5,9,11,16H,6-7H2,1-2H3. The number of nitrogens with one attached hydrogen (secondary N) is 1.